The van der Waals surface area contributed by atoms with Crippen molar-refractivity contribution in [2.24, 2.45) is 0 Å². The van der Waals surface area contributed by atoms with Gasteiger partial charge < -0.3 is 10.4 Å². The lowest BCUT2D eigenvalue weighted by Crippen LogP contribution is -2.29. The molecule has 3 rings (SSSR count). The molecule has 0 unspecified atom stereocenters. The molecule has 0 atom stereocenters. The normalized spacial score (nSPS) is 17.7. The molecule has 1 aliphatic heterocycles. The molecule has 2 heterocycles. The topological polar surface area (TPSA) is 50.1 Å². The molecule has 4 nitrogen and oxygen atoms in total. The summed E-state index contributed by atoms with van der Waals surface area (Å²) >= 11 is 0. The van der Waals surface area contributed by atoms with Gasteiger partial charge in [-0.1, -0.05) is 0 Å². The zero-order valence-corrected chi connectivity index (χ0v) is 9.98. The molecule has 0 radical (unpaired) electrons. The Labute approximate surface area is 100 Å². The summed E-state index contributed by atoms with van der Waals surface area (Å²) in [6.45, 7) is 4.12. The Morgan fingerprint density at radius 2 is 2.12 bits per heavy atom. The van der Waals surface area contributed by atoms with Crippen molar-refractivity contribution in [3.63, 3.8) is 0 Å². The Hall–Kier alpha value is -1.55. The quantitative estimate of drug-likeness (QED) is 0.789. The molecule has 1 aromatic carbocycles. The van der Waals surface area contributed by atoms with Crippen molar-refractivity contribution < 1.29 is 5.11 Å². The number of nitrogens with zero attached hydrogens (tertiary/aromatic N) is 2. The number of phenolic OH excluding ortho intramolecular Hbond substituents is 1. The van der Waals surface area contributed by atoms with Gasteiger partial charge >= 0.3 is 0 Å². The third-order valence-electron chi connectivity index (χ3n) is 3.53. The second-order valence-electron chi connectivity index (χ2n) is 4.71. The highest BCUT2D eigenvalue weighted by Crippen LogP contribution is 2.28. The zero-order chi connectivity index (χ0) is 11.8. The fourth-order valence-corrected chi connectivity index (χ4v) is 2.61. The molecule has 1 aliphatic rings. The second kappa shape index (κ2) is 4.04. The van der Waals surface area contributed by atoms with Crippen LogP contribution in [-0.2, 0) is 0 Å². The van der Waals surface area contributed by atoms with Crippen molar-refractivity contribution in [2.75, 3.05) is 13.1 Å². The van der Waals surface area contributed by atoms with Gasteiger partial charge in [0.05, 0.1) is 17.3 Å². The molecule has 1 saturated heterocycles. The van der Waals surface area contributed by atoms with Gasteiger partial charge in [-0.25, -0.2) is 0 Å². The number of aromatic nitrogens is 2. The number of hydrogen-bond donors (Lipinski definition) is 2. The average Bonchev–Trinajstić information content (AvgIpc) is 2.67. The largest absolute Gasteiger partial charge is 0.508 e. The van der Waals surface area contributed by atoms with Crippen LogP contribution in [0.3, 0.4) is 0 Å². The van der Waals surface area contributed by atoms with Crippen molar-refractivity contribution >= 4 is 10.9 Å². The fourth-order valence-electron chi connectivity index (χ4n) is 2.61. The molecule has 17 heavy (non-hydrogen) atoms. The highest BCUT2D eigenvalue weighted by atomic mass is 16.3. The van der Waals surface area contributed by atoms with Crippen LogP contribution in [0.1, 0.15) is 24.6 Å². The van der Waals surface area contributed by atoms with E-state index in [0.29, 0.717) is 11.8 Å². The lowest BCUT2D eigenvalue weighted by molar-refractivity contribution is 0.350. The summed E-state index contributed by atoms with van der Waals surface area (Å²) in [6, 6.07) is 5.94. The number of phenols is 1. The molecular formula is C13H17N3O. The first-order valence-corrected chi connectivity index (χ1v) is 6.14. The third kappa shape index (κ3) is 1.78. The van der Waals surface area contributed by atoms with Crippen LogP contribution in [0.4, 0.5) is 0 Å². The molecular weight excluding hydrogens is 214 g/mol. The number of fused-ring (bicyclic) bond motifs is 1. The van der Waals surface area contributed by atoms with Crippen molar-refractivity contribution in [3.8, 4) is 5.75 Å². The predicted octanol–water partition coefficient (Wildman–Crippen LogP) is 1.97. The first kappa shape index (κ1) is 10.6. The van der Waals surface area contributed by atoms with E-state index in [-0.39, 0.29) is 0 Å². The molecule has 90 valence electrons. The van der Waals surface area contributed by atoms with Gasteiger partial charge in [-0.15, -0.1) is 0 Å². The van der Waals surface area contributed by atoms with Crippen LogP contribution >= 0.6 is 0 Å². The lowest BCUT2D eigenvalue weighted by Gasteiger charge is -2.23. The Bertz CT molecular complexity index is 541. The maximum Gasteiger partial charge on any atom is 0.117 e. The summed E-state index contributed by atoms with van der Waals surface area (Å²) in [5.74, 6) is 0.313. The summed E-state index contributed by atoms with van der Waals surface area (Å²) < 4.78 is 2.09. The Morgan fingerprint density at radius 1 is 1.35 bits per heavy atom. The number of piperidine rings is 1. The van der Waals surface area contributed by atoms with Crippen molar-refractivity contribution in [3.05, 3.63) is 23.9 Å². The number of aryl methyl sites for hydroxylation is 1. The third-order valence-corrected chi connectivity index (χ3v) is 3.53. The minimum atomic E-state index is 0.313. The van der Waals surface area contributed by atoms with Gasteiger partial charge in [-0.05, 0) is 45.0 Å². The van der Waals surface area contributed by atoms with E-state index in [0.717, 1.165) is 42.5 Å². The Morgan fingerprint density at radius 3 is 2.88 bits per heavy atom. The highest BCUT2D eigenvalue weighted by molar-refractivity contribution is 5.83. The van der Waals surface area contributed by atoms with Crippen molar-refractivity contribution in [1.29, 1.82) is 0 Å². The van der Waals surface area contributed by atoms with Gasteiger partial charge in [0.2, 0.25) is 0 Å². The molecule has 0 bridgehead atoms. The van der Waals surface area contributed by atoms with Gasteiger partial charge in [0.1, 0.15) is 5.75 Å². The van der Waals surface area contributed by atoms with Gasteiger partial charge in [0.25, 0.3) is 0 Å². The van der Waals surface area contributed by atoms with Gasteiger partial charge in [0.15, 0.2) is 0 Å². The van der Waals surface area contributed by atoms with E-state index < -0.39 is 0 Å². The van der Waals surface area contributed by atoms with E-state index in [1.807, 2.05) is 19.1 Å². The number of rotatable bonds is 1. The Balaban J connectivity index is 2.11. The second-order valence-corrected chi connectivity index (χ2v) is 4.71. The zero-order valence-electron chi connectivity index (χ0n) is 9.98. The van der Waals surface area contributed by atoms with Crippen LogP contribution in [0, 0.1) is 6.92 Å². The molecule has 4 heteroatoms. The highest BCUT2D eigenvalue weighted by Gasteiger charge is 2.19. The first-order chi connectivity index (χ1) is 8.25. The van der Waals surface area contributed by atoms with Gasteiger partial charge in [-0.3, -0.25) is 4.68 Å². The van der Waals surface area contributed by atoms with E-state index in [1.54, 1.807) is 6.07 Å². The standard InChI is InChI=1S/C13H17N3O/c1-9-12-3-2-11(17)8-13(12)16(15-9)10-4-6-14-7-5-10/h2-3,8,10,14,17H,4-7H2,1H3. The van der Waals surface area contributed by atoms with E-state index in [1.165, 1.54) is 0 Å². The number of nitrogens with one attached hydrogen (secondary N) is 1. The predicted molar refractivity (Wildman–Crippen MR) is 67.3 cm³/mol. The lowest BCUT2D eigenvalue weighted by atomic mass is 10.1. The summed E-state index contributed by atoms with van der Waals surface area (Å²) in [4.78, 5) is 0. The van der Waals surface area contributed by atoms with Crippen LogP contribution < -0.4 is 5.32 Å². The van der Waals surface area contributed by atoms with Crippen LogP contribution in [-0.4, -0.2) is 28.0 Å². The minimum absolute atomic E-state index is 0.313. The van der Waals surface area contributed by atoms with E-state index in [2.05, 4.69) is 15.1 Å². The monoisotopic (exact) mass is 231 g/mol. The van der Waals surface area contributed by atoms with Crippen LogP contribution in [0.2, 0.25) is 0 Å². The Kier molecular flexibility index (Phi) is 2.52. The van der Waals surface area contributed by atoms with Crippen molar-refractivity contribution in [1.82, 2.24) is 15.1 Å². The van der Waals surface area contributed by atoms with E-state index in [9.17, 15) is 5.11 Å². The maximum absolute atomic E-state index is 9.61. The summed E-state index contributed by atoms with van der Waals surface area (Å²) in [5, 5.41) is 18.7. The summed E-state index contributed by atoms with van der Waals surface area (Å²) in [6.07, 6.45) is 2.21. The molecule has 0 spiro atoms. The van der Waals surface area contributed by atoms with E-state index in [4.69, 9.17) is 0 Å². The molecule has 0 amide bonds. The van der Waals surface area contributed by atoms with Crippen molar-refractivity contribution in [2.45, 2.75) is 25.8 Å². The number of benzene rings is 1. The van der Waals surface area contributed by atoms with Gasteiger partial charge in [0, 0.05) is 11.5 Å². The summed E-state index contributed by atoms with van der Waals surface area (Å²) in [7, 11) is 0. The number of hydrogen-bond acceptors (Lipinski definition) is 3. The molecule has 2 aromatic rings. The average molecular weight is 231 g/mol. The first-order valence-electron chi connectivity index (χ1n) is 6.14. The van der Waals surface area contributed by atoms with Crippen LogP contribution in [0.15, 0.2) is 18.2 Å². The molecule has 0 saturated carbocycles. The smallest absolute Gasteiger partial charge is 0.117 e. The maximum atomic E-state index is 9.61. The van der Waals surface area contributed by atoms with Gasteiger partial charge in [-0.2, -0.15) is 5.10 Å². The molecule has 2 N–H and O–H groups in total. The summed E-state index contributed by atoms with van der Waals surface area (Å²) in [5.41, 5.74) is 2.09. The molecule has 0 aliphatic carbocycles. The fraction of sp³-hybridized carbons (Fsp3) is 0.462. The molecule has 1 aromatic heterocycles. The molecule has 1 fully saturated rings. The van der Waals surface area contributed by atoms with E-state index >= 15 is 0 Å². The van der Waals surface area contributed by atoms with Crippen LogP contribution in [0.25, 0.3) is 10.9 Å². The minimum Gasteiger partial charge on any atom is -0.508 e. The van der Waals surface area contributed by atoms with Crippen LogP contribution in [0.5, 0.6) is 5.75 Å². The SMILES string of the molecule is Cc1nn(C2CCNCC2)c2cc(O)ccc12. The number of aromatic hydroxyl groups is 1.